The van der Waals surface area contributed by atoms with Crippen molar-refractivity contribution >= 4 is 39.6 Å². The standard InChI is InChI=1S/C20H20N4O3S2/c1-2-27-14-7-5-13(6-8-14)18-22-15(12-29-18)19(26)24-10-3-4-16(24)17(25)23-20-21-9-11-28-20/h5-9,11-12,16H,2-4,10H2,1H3,(H,21,23,25). The first kappa shape index (κ1) is 19.5. The molecular formula is C20H20N4O3S2. The monoisotopic (exact) mass is 428 g/mol. The van der Waals surface area contributed by atoms with Crippen molar-refractivity contribution in [1.82, 2.24) is 14.9 Å². The van der Waals surface area contributed by atoms with Crippen molar-refractivity contribution in [3.05, 3.63) is 46.9 Å². The number of aromatic nitrogens is 2. The van der Waals surface area contributed by atoms with E-state index >= 15 is 0 Å². The summed E-state index contributed by atoms with van der Waals surface area (Å²) in [5.74, 6) is 0.387. The van der Waals surface area contributed by atoms with E-state index in [0.29, 0.717) is 30.4 Å². The van der Waals surface area contributed by atoms with Gasteiger partial charge in [0, 0.05) is 29.1 Å². The van der Waals surface area contributed by atoms with Gasteiger partial charge in [-0.25, -0.2) is 9.97 Å². The summed E-state index contributed by atoms with van der Waals surface area (Å²) in [7, 11) is 0. The third-order valence-electron chi connectivity index (χ3n) is 4.61. The van der Waals surface area contributed by atoms with Crippen LogP contribution >= 0.6 is 22.7 Å². The molecule has 29 heavy (non-hydrogen) atoms. The Morgan fingerprint density at radius 1 is 1.28 bits per heavy atom. The maximum atomic E-state index is 13.0. The molecule has 1 aliphatic heterocycles. The van der Waals surface area contributed by atoms with Crippen molar-refractivity contribution in [2.75, 3.05) is 18.5 Å². The average Bonchev–Trinajstić information content (AvgIpc) is 3.49. The minimum absolute atomic E-state index is 0.201. The largest absolute Gasteiger partial charge is 0.494 e. The number of thiazole rings is 2. The Kier molecular flexibility index (Phi) is 5.86. The van der Waals surface area contributed by atoms with Crippen molar-refractivity contribution in [2.45, 2.75) is 25.8 Å². The second kappa shape index (κ2) is 8.71. The highest BCUT2D eigenvalue weighted by Gasteiger charge is 2.35. The summed E-state index contributed by atoms with van der Waals surface area (Å²) in [6, 6.07) is 7.14. The van der Waals surface area contributed by atoms with Gasteiger partial charge in [-0.05, 0) is 44.0 Å². The van der Waals surface area contributed by atoms with Crippen LogP contribution < -0.4 is 10.1 Å². The second-order valence-corrected chi connectivity index (χ2v) is 8.23. The van der Waals surface area contributed by atoms with E-state index < -0.39 is 6.04 Å². The molecule has 0 aliphatic carbocycles. The molecule has 9 heteroatoms. The lowest BCUT2D eigenvalue weighted by Crippen LogP contribution is -2.43. The predicted molar refractivity (Wildman–Crippen MR) is 114 cm³/mol. The van der Waals surface area contributed by atoms with Crippen molar-refractivity contribution in [3.63, 3.8) is 0 Å². The number of nitrogens with zero attached hydrogens (tertiary/aromatic N) is 3. The molecule has 2 amide bonds. The Morgan fingerprint density at radius 2 is 2.10 bits per heavy atom. The van der Waals surface area contributed by atoms with Crippen molar-refractivity contribution in [2.24, 2.45) is 0 Å². The van der Waals surface area contributed by atoms with Gasteiger partial charge in [0.05, 0.1) is 6.61 Å². The first-order valence-corrected chi connectivity index (χ1v) is 11.1. The molecule has 0 bridgehead atoms. The van der Waals surface area contributed by atoms with E-state index in [2.05, 4.69) is 15.3 Å². The second-order valence-electron chi connectivity index (χ2n) is 6.48. The number of rotatable bonds is 6. The van der Waals surface area contributed by atoms with Crippen LogP contribution in [0.2, 0.25) is 0 Å². The predicted octanol–water partition coefficient (Wildman–Crippen LogP) is 3.91. The highest BCUT2D eigenvalue weighted by atomic mass is 32.1. The van der Waals surface area contributed by atoms with Crippen molar-refractivity contribution < 1.29 is 14.3 Å². The Labute approximate surface area is 176 Å². The van der Waals surface area contributed by atoms with E-state index in [1.54, 1.807) is 21.9 Å². The van der Waals surface area contributed by atoms with Crippen LogP contribution in [0.4, 0.5) is 5.13 Å². The van der Waals surface area contributed by atoms with Gasteiger partial charge in [0.25, 0.3) is 5.91 Å². The van der Waals surface area contributed by atoms with Gasteiger partial charge in [-0.1, -0.05) is 0 Å². The number of nitrogens with one attached hydrogen (secondary N) is 1. The third-order valence-corrected chi connectivity index (χ3v) is 6.19. The molecule has 0 saturated carbocycles. The third kappa shape index (κ3) is 4.30. The molecule has 1 aliphatic rings. The van der Waals surface area contributed by atoms with Gasteiger partial charge in [0.2, 0.25) is 5.91 Å². The van der Waals surface area contributed by atoms with Gasteiger partial charge in [0.15, 0.2) is 5.13 Å². The quantitative estimate of drug-likeness (QED) is 0.644. The van der Waals surface area contributed by atoms with Crippen LogP contribution in [-0.2, 0) is 4.79 Å². The summed E-state index contributed by atoms with van der Waals surface area (Å²) in [5.41, 5.74) is 1.30. The molecular weight excluding hydrogens is 408 g/mol. The number of carbonyl (C=O) groups is 2. The van der Waals surface area contributed by atoms with Gasteiger partial charge in [-0.2, -0.15) is 0 Å². The minimum atomic E-state index is -0.498. The van der Waals surface area contributed by atoms with Gasteiger partial charge >= 0.3 is 0 Å². The lowest BCUT2D eigenvalue weighted by Gasteiger charge is -2.22. The number of hydrogen-bond acceptors (Lipinski definition) is 7. The molecule has 2 aromatic heterocycles. The smallest absolute Gasteiger partial charge is 0.274 e. The van der Waals surface area contributed by atoms with Gasteiger partial charge in [-0.15, -0.1) is 22.7 Å². The molecule has 4 rings (SSSR count). The number of amides is 2. The minimum Gasteiger partial charge on any atom is -0.494 e. The summed E-state index contributed by atoms with van der Waals surface area (Å²) in [4.78, 5) is 35.8. The average molecular weight is 429 g/mol. The molecule has 1 saturated heterocycles. The maximum Gasteiger partial charge on any atom is 0.274 e. The fourth-order valence-corrected chi connectivity index (χ4v) is 4.60. The van der Waals surface area contributed by atoms with Crippen molar-refractivity contribution in [3.8, 4) is 16.3 Å². The summed E-state index contributed by atoms with van der Waals surface area (Å²) >= 11 is 2.77. The van der Waals surface area contributed by atoms with Crippen molar-refractivity contribution in [1.29, 1.82) is 0 Å². The Morgan fingerprint density at radius 3 is 2.83 bits per heavy atom. The van der Waals surface area contributed by atoms with E-state index in [9.17, 15) is 9.59 Å². The number of benzene rings is 1. The molecule has 3 heterocycles. The highest BCUT2D eigenvalue weighted by Crippen LogP contribution is 2.28. The van der Waals surface area contributed by atoms with Crippen LogP contribution in [0, 0.1) is 0 Å². The number of ether oxygens (including phenoxy) is 1. The fourth-order valence-electron chi connectivity index (χ4n) is 3.27. The molecule has 1 unspecified atom stereocenters. The summed E-state index contributed by atoms with van der Waals surface area (Å²) in [5, 5.41) is 7.65. The molecule has 0 radical (unpaired) electrons. The summed E-state index contributed by atoms with van der Waals surface area (Å²) < 4.78 is 5.46. The molecule has 1 N–H and O–H groups in total. The topological polar surface area (TPSA) is 84.4 Å². The van der Waals surface area contributed by atoms with E-state index in [1.165, 1.54) is 22.7 Å². The lowest BCUT2D eigenvalue weighted by atomic mass is 10.2. The molecule has 1 atom stereocenters. The van der Waals surface area contributed by atoms with Crippen LogP contribution in [0.5, 0.6) is 5.75 Å². The number of anilines is 1. The Balaban J connectivity index is 1.47. The Bertz CT molecular complexity index is 986. The van der Waals surface area contributed by atoms with Crippen LogP contribution in [-0.4, -0.2) is 45.9 Å². The molecule has 1 aromatic carbocycles. The summed E-state index contributed by atoms with van der Waals surface area (Å²) in [6.45, 7) is 3.10. The zero-order valence-corrected chi connectivity index (χ0v) is 17.5. The van der Waals surface area contributed by atoms with E-state index in [1.807, 2.05) is 31.2 Å². The molecule has 1 fully saturated rings. The molecule has 7 nitrogen and oxygen atoms in total. The zero-order chi connectivity index (χ0) is 20.2. The molecule has 3 aromatic rings. The number of likely N-dealkylation sites (tertiary alicyclic amines) is 1. The van der Waals surface area contributed by atoms with Crippen LogP contribution in [0.1, 0.15) is 30.3 Å². The van der Waals surface area contributed by atoms with Gasteiger partial charge < -0.3 is 15.0 Å². The van der Waals surface area contributed by atoms with Crippen LogP contribution in [0.15, 0.2) is 41.2 Å². The van der Waals surface area contributed by atoms with E-state index in [0.717, 1.165) is 22.7 Å². The lowest BCUT2D eigenvalue weighted by molar-refractivity contribution is -0.119. The maximum absolute atomic E-state index is 13.0. The molecule has 150 valence electrons. The summed E-state index contributed by atoms with van der Waals surface area (Å²) in [6.07, 6.45) is 3.06. The van der Waals surface area contributed by atoms with Crippen LogP contribution in [0.25, 0.3) is 10.6 Å². The number of carbonyl (C=O) groups excluding carboxylic acids is 2. The first-order valence-electron chi connectivity index (χ1n) is 9.36. The fraction of sp³-hybridized carbons (Fsp3) is 0.300. The van der Waals surface area contributed by atoms with E-state index in [4.69, 9.17) is 4.74 Å². The molecule has 0 spiro atoms. The number of hydrogen-bond donors (Lipinski definition) is 1. The van der Waals surface area contributed by atoms with Crippen LogP contribution in [0.3, 0.4) is 0 Å². The SMILES string of the molecule is CCOc1ccc(-c2nc(C(=O)N3CCCC3C(=O)Nc3nccs3)cs2)cc1. The van der Waals surface area contributed by atoms with Gasteiger partial charge in [-0.3, -0.25) is 9.59 Å². The Hall–Kier alpha value is -2.78. The van der Waals surface area contributed by atoms with E-state index in [-0.39, 0.29) is 11.8 Å². The highest BCUT2D eigenvalue weighted by molar-refractivity contribution is 7.13. The van der Waals surface area contributed by atoms with Gasteiger partial charge in [0.1, 0.15) is 22.5 Å². The first-order chi connectivity index (χ1) is 14.2. The normalized spacial score (nSPS) is 16.0. The zero-order valence-electron chi connectivity index (χ0n) is 15.8.